The van der Waals surface area contributed by atoms with E-state index < -0.39 is 11.6 Å². The topological polar surface area (TPSA) is 55.5 Å². The van der Waals surface area contributed by atoms with Gasteiger partial charge >= 0.3 is 0 Å². The molecule has 1 aromatic carbocycles. The summed E-state index contributed by atoms with van der Waals surface area (Å²) in [6.45, 7) is 1.65. The highest BCUT2D eigenvalue weighted by Crippen LogP contribution is 2.33. The van der Waals surface area contributed by atoms with E-state index in [1.54, 1.807) is 6.92 Å². The summed E-state index contributed by atoms with van der Waals surface area (Å²) >= 11 is 0. The standard InChI is InChI=1S/C8H10FNO2/c1-4-3-5(10)7(11)6(9)8(4)12-2/h3,11H,10H2,1-2H3. The van der Waals surface area contributed by atoms with Gasteiger partial charge in [-0.25, -0.2) is 0 Å². The molecule has 12 heavy (non-hydrogen) atoms. The largest absolute Gasteiger partial charge is 0.503 e. The van der Waals surface area contributed by atoms with Crippen LogP contribution in [0.25, 0.3) is 0 Å². The fourth-order valence-electron chi connectivity index (χ4n) is 1.03. The number of nitrogen functional groups attached to an aromatic ring is 1. The number of aryl methyl sites for hydroxylation is 1. The Morgan fingerprint density at radius 1 is 1.58 bits per heavy atom. The number of halogens is 1. The predicted molar refractivity (Wildman–Crippen MR) is 43.8 cm³/mol. The minimum atomic E-state index is -0.810. The first-order valence-corrected chi connectivity index (χ1v) is 3.39. The van der Waals surface area contributed by atoms with Crippen LogP contribution in [0.15, 0.2) is 6.07 Å². The van der Waals surface area contributed by atoms with Gasteiger partial charge in [-0.3, -0.25) is 0 Å². The fraction of sp³-hybridized carbons (Fsp3) is 0.250. The highest BCUT2D eigenvalue weighted by atomic mass is 19.1. The van der Waals surface area contributed by atoms with Crippen molar-refractivity contribution in [1.29, 1.82) is 0 Å². The lowest BCUT2D eigenvalue weighted by atomic mass is 10.2. The van der Waals surface area contributed by atoms with Crippen molar-refractivity contribution in [3.05, 3.63) is 17.4 Å². The molecular weight excluding hydrogens is 161 g/mol. The Balaban J connectivity index is 3.40. The van der Waals surface area contributed by atoms with Crippen molar-refractivity contribution in [2.45, 2.75) is 6.92 Å². The maximum absolute atomic E-state index is 13.1. The lowest BCUT2D eigenvalue weighted by molar-refractivity contribution is 0.363. The molecule has 0 aromatic heterocycles. The zero-order valence-electron chi connectivity index (χ0n) is 6.89. The van der Waals surface area contributed by atoms with Gasteiger partial charge in [0.1, 0.15) is 0 Å². The molecule has 0 aliphatic carbocycles. The third kappa shape index (κ3) is 1.15. The monoisotopic (exact) mass is 171 g/mol. The Kier molecular flexibility index (Phi) is 2.08. The molecule has 0 aliphatic heterocycles. The second-order valence-corrected chi connectivity index (χ2v) is 2.48. The van der Waals surface area contributed by atoms with Crippen molar-refractivity contribution in [1.82, 2.24) is 0 Å². The van der Waals surface area contributed by atoms with Gasteiger partial charge in [-0.05, 0) is 18.6 Å². The van der Waals surface area contributed by atoms with Crippen molar-refractivity contribution in [2.24, 2.45) is 0 Å². The smallest absolute Gasteiger partial charge is 0.208 e. The summed E-state index contributed by atoms with van der Waals surface area (Å²) in [5.41, 5.74) is 5.88. The molecule has 4 heteroatoms. The van der Waals surface area contributed by atoms with Crippen molar-refractivity contribution in [3.63, 3.8) is 0 Å². The van der Waals surface area contributed by atoms with Gasteiger partial charge in [0.2, 0.25) is 5.82 Å². The van der Waals surface area contributed by atoms with E-state index in [-0.39, 0.29) is 11.4 Å². The lowest BCUT2D eigenvalue weighted by Crippen LogP contribution is -1.96. The molecule has 0 saturated carbocycles. The molecule has 66 valence electrons. The fourth-order valence-corrected chi connectivity index (χ4v) is 1.03. The molecule has 0 radical (unpaired) electrons. The van der Waals surface area contributed by atoms with Crippen molar-refractivity contribution >= 4 is 5.69 Å². The molecule has 3 nitrogen and oxygen atoms in total. The number of rotatable bonds is 1. The molecule has 3 N–H and O–H groups in total. The molecule has 1 rings (SSSR count). The number of nitrogens with two attached hydrogens (primary N) is 1. The van der Waals surface area contributed by atoms with E-state index in [9.17, 15) is 4.39 Å². The van der Waals surface area contributed by atoms with Gasteiger partial charge < -0.3 is 15.6 Å². The molecule has 0 spiro atoms. The van der Waals surface area contributed by atoms with Gasteiger partial charge in [0.15, 0.2) is 11.5 Å². The van der Waals surface area contributed by atoms with Crippen LogP contribution < -0.4 is 10.5 Å². The van der Waals surface area contributed by atoms with E-state index in [1.807, 2.05) is 0 Å². The zero-order chi connectivity index (χ0) is 9.30. The first kappa shape index (κ1) is 8.64. The lowest BCUT2D eigenvalue weighted by Gasteiger charge is -2.08. The van der Waals surface area contributed by atoms with Gasteiger partial charge in [-0.15, -0.1) is 0 Å². The first-order chi connectivity index (χ1) is 5.57. The van der Waals surface area contributed by atoms with Crippen molar-refractivity contribution in [2.75, 3.05) is 12.8 Å². The van der Waals surface area contributed by atoms with Crippen LogP contribution in [-0.2, 0) is 0 Å². The Morgan fingerprint density at radius 2 is 2.17 bits per heavy atom. The average molecular weight is 171 g/mol. The van der Waals surface area contributed by atoms with E-state index in [0.717, 1.165) is 0 Å². The molecule has 0 amide bonds. The molecule has 0 saturated heterocycles. The Bertz CT molecular complexity index is 312. The number of anilines is 1. The number of ether oxygens (including phenoxy) is 1. The normalized spacial score (nSPS) is 9.92. The Labute approximate surface area is 69.6 Å². The summed E-state index contributed by atoms with van der Waals surface area (Å²) in [7, 11) is 1.33. The number of phenolic OH excluding ortho intramolecular Hbond substituents is 1. The molecule has 1 aromatic rings. The van der Waals surface area contributed by atoms with Crippen LogP contribution in [0.4, 0.5) is 10.1 Å². The molecular formula is C8H10FNO2. The highest BCUT2D eigenvalue weighted by molar-refractivity contribution is 5.59. The summed E-state index contributed by atoms with van der Waals surface area (Å²) < 4.78 is 17.8. The van der Waals surface area contributed by atoms with Crippen molar-refractivity contribution < 1.29 is 14.2 Å². The van der Waals surface area contributed by atoms with E-state index in [1.165, 1.54) is 13.2 Å². The van der Waals surface area contributed by atoms with E-state index in [0.29, 0.717) is 5.56 Å². The summed E-state index contributed by atoms with van der Waals surface area (Å²) in [6, 6.07) is 1.46. The summed E-state index contributed by atoms with van der Waals surface area (Å²) in [5.74, 6) is -1.34. The van der Waals surface area contributed by atoms with Gasteiger partial charge in [-0.1, -0.05) is 0 Å². The molecule has 0 bridgehead atoms. The number of aromatic hydroxyl groups is 1. The SMILES string of the molecule is COc1c(C)cc(N)c(O)c1F. The van der Waals surface area contributed by atoms with Gasteiger partial charge in [0.05, 0.1) is 12.8 Å². The van der Waals surface area contributed by atoms with Crippen LogP contribution >= 0.6 is 0 Å². The summed E-state index contributed by atoms with van der Waals surface area (Å²) in [5, 5.41) is 9.06. The van der Waals surface area contributed by atoms with Gasteiger partial charge in [-0.2, -0.15) is 4.39 Å². The van der Waals surface area contributed by atoms with E-state index in [2.05, 4.69) is 0 Å². The van der Waals surface area contributed by atoms with Crippen LogP contribution in [0.3, 0.4) is 0 Å². The zero-order valence-corrected chi connectivity index (χ0v) is 6.89. The molecule has 0 heterocycles. The maximum Gasteiger partial charge on any atom is 0.208 e. The third-order valence-corrected chi connectivity index (χ3v) is 1.61. The number of methoxy groups -OCH3 is 1. The van der Waals surface area contributed by atoms with Crippen LogP contribution in [0.5, 0.6) is 11.5 Å². The third-order valence-electron chi connectivity index (χ3n) is 1.61. The Morgan fingerprint density at radius 3 is 2.67 bits per heavy atom. The predicted octanol–water partition coefficient (Wildman–Crippen LogP) is 1.43. The summed E-state index contributed by atoms with van der Waals surface area (Å²) in [6.07, 6.45) is 0. The molecule has 0 atom stereocenters. The molecule has 0 unspecified atom stereocenters. The quantitative estimate of drug-likeness (QED) is 0.496. The van der Waals surface area contributed by atoms with Crippen LogP contribution in [0, 0.1) is 12.7 Å². The van der Waals surface area contributed by atoms with Crippen LogP contribution in [0.2, 0.25) is 0 Å². The van der Waals surface area contributed by atoms with Gasteiger partial charge in [0, 0.05) is 0 Å². The van der Waals surface area contributed by atoms with Crippen LogP contribution in [0.1, 0.15) is 5.56 Å². The molecule has 0 aliphatic rings. The second kappa shape index (κ2) is 2.89. The van der Waals surface area contributed by atoms with Gasteiger partial charge in [0.25, 0.3) is 0 Å². The first-order valence-electron chi connectivity index (χ1n) is 3.39. The summed E-state index contributed by atoms with van der Waals surface area (Å²) in [4.78, 5) is 0. The minimum Gasteiger partial charge on any atom is -0.503 e. The Hall–Kier alpha value is -1.45. The maximum atomic E-state index is 13.1. The second-order valence-electron chi connectivity index (χ2n) is 2.48. The minimum absolute atomic E-state index is 0.0193. The molecule has 0 fully saturated rings. The van der Waals surface area contributed by atoms with E-state index in [4.69, 9.17) is 15.6 Å². The van der Waals surface area contributed by atoms with E-state index >= 15 is 0 Å². The number of phenols is 1. The average Bonchev–Trinajstić information content (AvgIpc) is 2.01. The number of hydrogen-bond acceptors (Lipinski definition) is 3. The number of benzene rings is 1. The van der Waals surface area contributed by atoms with Crippen LogP contribution in [-0.4, -0.2) is 12.2 Å². The number of hydrogen-bond donors (Lipinski definition) is 2. The highest BCUT2D eigenvalue weighted by Gasteiger charge is 2.13. The van der Waals surface area contributed by atoms with Crippen molar-refractivity contribution in [3.8, 4) is 11.5 Å².